The summed E-state index contributed by atoms with van der Waals surface area (Å²) in [6.07, 6.45) is -0.0250. The largest absolute Gasteiger partial charge is 0.481 e. The maximum atomic E-state index is 10.2. The van der Waals surface area contributed by atoms with E-state index in [0.717, 1.165) is 0 Å². The number of Topliss-reactive ketones (excluding diaryl/α,β-unsaturated/α-hetero) is 1. The Morgan fingerprint density at radius 2 is 1.89 bits per heavy atom. The smallest absolute Gasteiger partial charge is 0.310 e. The molecule has 0 aromatic rings. The van der Waals surface area contributed by atoms with Crippen LogP contribution in [0.25, 0.3) is 0 Å². The molecule has 0 aliphatic rings. The van der Waals surface area contributed by atoms with Crippen molar-refractivity contribution in [3.8, 4) is 0 Å². The van der Waals surface area contributed by atoms with E-state index in [2.05, 4.69) is 0 Å². The molecule has 3 nitrogen and oxygen atoms in total. The van der Waals surface area contributed by atoms with Gasteiger partial charge in [0.05, 0.1) is 0 Å². The molecule has 0 fully saturated rings. The van der Waals surface area contributed by atoms with E-state index in [4.69, 9.17) is 5.11 Å². The SMILES string of the molecule is CCC(=O)CC(=O)O.[Zr]. The van der Waals surface area contributed by atoms with Crippen LogP contribution < -0.4 is 0 Å². The van der Waals surface area contributed by atoms with Gasteiger partial charge in [-0.25, -0.2) is 0 Å². The fraction of sp³-hybridized carbons (Fsp3) is 0.600. The van der Waals surface area contributed by atoms with E-state index < -0.39 is 5.97 Å². The molecule has 0 atom stereocenters. The van der Waals surface area contributed by atoms with E-state index in [9.17, 15) is 9.59 Å². The van der Waals surface area contributed by atoms with Crippen molar-refractivity contribution in [3.05, 3.63) is 0 Å². The molecule has 0 saturated carbocycles. The summed E-state index contributed by atoms with van der Waals surface area (Å²) in [7, 11) is 0. The van der Waals surface area contributed by atoms with E-state index in [1.165, 1.54) is 0 Å². The Hall–Kier alpha value is 0.0231. The summed E-state index contributed by atoms with van der Waals surface area (Å²) in [5.74, 6) is -1.27. The fourth-order valence-electron chi connectivity index (χ4n) is 0.294. The first kappa shape index (κ1) is 11.8. The second kappa shape index (κ2) is 6.15. The minimum Gasteiger partial charge on any atom is -0.481 e. The second-order valence-electron chi connectivity index (χ2n) is 1.46. The van der Waals surface area contributed by atoms with Crippen LogP contribution >= 0.6 is 0 Å². The molecule has 0 radical (unpaired) electrons. The Kier molecular flexibility index (Phi) is 8.04. The number of rotatable bonds is 3. The van der Waals surface area contributed by atoms with Gasteiger partial charge in [-0.15, -0.1) is 0 Å². The van der Waals surface area contributed by atoms with Gasteiger partial charge in [0.2, 0.25) is 0 Å². The first-order chi connectivity index (χ1) is 3.66. The minimum atomic E-state index is -1.04. The van der Waals surface area contributed by atoms with Crippen molar-refractivity contribution >= 4 is 11.8 Å². The van der Waals surface area contributed by atoms with Gasteiger partial charge in [-0.3, -0.25) is 9.59 Å². The number of hydrogen-bond donors (Lipinski definition) is 1. The zero-order valence-corrected chi connectivity index (χ0v) is 7.64. The first-order valence-corrected chi connectivity index (χ1v) is 2.40. The average molecular weight is 207 g/mol. The molecule has 0 aliphatic carbocycles. The minimum absolute atomic E-state index is 0. The summed E-state index contributed by atoms with van der Waals surface area (Å²) in [4.78, 5) is 20.0. The Morgan fingerprint density at radius 3 is 2.00 bits per heavy atom. The van der Waals surface area contributed by atoms with E-state index in [1.54, 1.807) is 6.92 Å². The molecule has 9 heavy (non-hydrogen) atoms. The number of carboxylic acids is 1. The molecule has 0 aliphatic heterocycles. The third-order valence-electron chi connectivity index (χ3n) is 0.743. The normalized spacial score (nSPS) is 7.67. The number of carbonyl (C=O) groups excluding carboxylic acids is 1. The topological polar surface area (TPSA) is 54.4 Å². The number of ketones is 1. The van der Waals surface area contributed by atoms with Crippen LogP contribution in [0.1, 0.15) is 19.8 Å². The van der Waals surface area contributed by atoms with Crippen LogP contribution in [0, 0.1) is 0 Å². The van der Waals surface area contributed by atoms with Crippen molar-refractivity contribution in [2.24, 2.45) is 0 Å². The van der Waals surface area contributed by atoms with Crippen molar-refractivity contribution in [1.82, 2.24) is 0 Å². The molecule has 50 valence electrons. The zero-order valence-electron chi connectivity index (χ0n) is 5.18. The van der Waals surface area contributed by atoms with Crippen LogP contribution in [-0.4, -0.2) is 16.9 Å². The molecule has 0 amide bonds. The van der Waals surface area contributed by atoms with Crippen LogP contribution in [0.15, 0.2) is 0 Å². The van der Waals surface area contributed by atoms with E-state index in [1.807, 2.05) is 0 Å². The molecule has 0 aromatic carbocycles. The quantitative estimate of drug-likeness (QED) is 0.683. The molecule has 0 spiro atoms. The maximum Gasteiger partial charge on any atom is 0.310 e. The Balaban J connectivity index is 0. The Labute approximate surface area is 72.6 Å². The molecular weight excluding hydrogens is 199 g/mol. The molecule has 0 aromatic heterocycles. The monoisotopic (exact) mass is 206 g/mol. The van der Waals surface area contributed by atoms with Crippen LogP contribution in [0.4, 0.5) is 0 Å². The van der Waals surface area contributed by atoms with Gasteiger partial charge in [-0.2, -0.15) is 0 Å². The first-order valence-electron chi connectivity index (χ1n) is 2.40. The van der Waals surface area contributed by atoms with Gasteiger partial charge in [-0.05, 0) is 0 Å². The maximum absolute atomic E-state index is 10.2. The second-order valence-corrected chi connectivity index (χ2v) is 1.46. The third kappa shape index (κ3) is 8.02. The van der Waals surface area contributed by atoms with Crippen molar-refractivity contribution in [1.29, 1.82) is 0 Å². The van der Waals surface area contributed by atoms with Crippen molar-refractivity contribution in [2.45, 2.75) is 19.8 Å². The molecular formula is C5H8O3Zr. The van der Waals surface area contributed by atoms with Gasteiger partial charge < -0.3 is 5.11 Å². The van der Waals surface area contributed by atoms with Crippen molar-refractivity contribution in [3.63, 3.8) is 0 Å². The molecule has 0 bridgehead atoms. The predicted octanol–water partition coefficient (Wildman–Crippen LogP) is 0.438. The summed E-state index contributed by atoms with van der Waals surface area (Å²) in [5, 5.41) is 7.99. The Bertz CT molecular complexity index is 111. The predicted molar refractivity (Wildman–Crippen MR) is 27.6 cm³/mol. The van der Waals surface area contributed by atoms with Gasteiger partial charge in [0.1, 0.15) is 12.2 Å². The van der Waals surface area contributed by atoms with Crippen LogP contribution in [0.5, 0.6) is 0 Å². The molecule has 4 heteroatoms. The zero-order chi connectivity index (χ0) is 6.57. The van der Waals surface area contributed by atoms with Crippen LogP contribution in [0.3, 0.4) is 0 Å². The number of carboxylic acid groups (broad SMARTS) is 1. The number of aliphatic carboxylic acids is 1. The summed E-state index contributed by atoms with van der Waals surface area (Å²) >= 11 is 0. The van der Waals surface area contributed by atoms with Crippen molar-refractivity contribution < 1.29 is 40.9 Å². The standard InChI is InChI=1S/C5H8O3.Zr/c1-2-4(6)3-5(7)8;/h2-3H2,1H3,(H,7,8);. The van der Waals surface area contributed by atoms with Crippen molar-refractivity contribution in [2.75, 3.05) is 0 Å². The van der Waals surface area contributed by atoms with Gasteiger partial charge in [0.25, 0.3) is 0 Å². The van der Waals surface area contributed by atoms with E-state index >= 15 is 0 Å². The third-order valence-corrected chi connectivity index (χ3v) is 0.743. The van der Waals surface area contributed by atoms with Crippen LogP contribution in [-0.2, 0) is 35.8 Å². The fourth-order valence-corrected chi connectivity index (χ4v) is 0.294. The van der Waals surface area contributed by atoms with Gasteiger partial charge in [-0.1, -0.05) is 6.92 Å². The summed E-state index contributed by atoms with van der Waals surface area (Å²) < 4.78 is 0. The van der Waals surface area contributed by atoms with Gasteiger partial charge >= 0.3 is 5.97 Å². The molecule has 0 saturated heterocycles. The molecule has 0 unspecified atom stereocenters. The molecule has 0 heterocycles. The van der Waals surface area contributed by atoms with E-state index in [-0.39, 0.29) is 38.4 Å². The molecule has 0 rings (SSSR count). The average Bonchev–Trinajstić information content (AvgIpc) is 1.65. The summed E-state index contributed by atoms with van der Waals surface area (Å²) in [5.41, 5.74) is 0. The summed E-state index contributed by atoms with van der Waals surface area (Å²) in [6.45, 7) is 1.64. The van der Waals surface area contributed by atoms with Gasteiger partial charge in [0.15, 0.2) is 0 Å². The van der Waals surface area contributed by atoms with Gasteiger partial charge in [0, 0.05) is 32.6 Å². The Morgan fingerprint density at radius 1 is 1.44 bits per heavy atom. The van der Waals surface area contributed by atoms with E-state index in [0.29, 0.717) is 6.42 Å². The number of hydrogen-bond acceptors (Lipinski definition) is 2. The summed E-state index contributed by atoms with van der Waals surface area (Å²) in [6, 6.07) is 0. The van der Waals surface area contributed by atoms with Crippen LogP contribution in [0.2, 0.25) is 0 Å². The molecule has 1 N–H and O–H groups in total. The number of carbonyl (C=O) groups is 2.